The summed E-state index contributed by atoms with van der Waals surface area (Å²) in [5.74, 6) is 1.05. The molecule has 1 heterocycles. The van der Waals surface area contributed by atoms with Crippen LogP contribution in [0.15, 0.2) is 0 Å². The van der Waals surface area contributed by atoms with Gasteiger partial charge in [0.2, 0.25) is 0 Å². The molecule has 1 saturated heterocycles. The van der Waals surface area contributed by atoms with E-state index in [0.717, 1.165) is 12.5 Å². The molecule has 3 heteroatoms. The average molecular weight is 365 g/mol. The monoisotopic (exact) mass is 365 g/mol. The van der Waals surface area contributed by atoms with E-state index in [4.69, 9.17) is 4.74 Å². The van der Waals surface area contributed by atoms with Crippen LogP contribution in [0.2, 0.25) is 0 Å². The molecule has 0 aromatic carbocycles. The van der Waals surface area contributed by atoms with Gasteiger partial charge in [-0.05, 0) is 31.6 Å². The molecule has 1 nitrogen and oxygen atoms in total. The Morgan fingerprint density at radius 3 is 2.58 bits per heavy atom. The Hall–Kier alpha value is 0.865. The minimum atomic E-state index is 0. The van der Waals surface area contributed by atoms with E-state index < -0.39 is 0 Å². The van der Waals surface area contributed by atoms with Crippen molar-refractivity contribution in [3.8, 4) is 0 Å². The summed E-state index contributed by atoms with van der Waals surface area (Å²) >= 11 is 0. The van der Waals surface area contributed by atoms with Crippen LogP contribution in [0.25, 0.3) is 0 Å². The van der Waals surface area contributed by atoms with Crippen LogP contribution in [-0.4, -0.2) is 22.1 Å². The second kappa shape index (κ2) is 4.39. The van der Waals surface area contributed by atoms with Crippen molar-refractivity contribution in [3.63, 3.8) is 0 Å². The van der Waals surface area contributed by atoms with E-state index in [1.54, 1.807) is 0 Å². The molecule has 1 aliphatic carbocycles. The predicted octanol–water partition coefficient (Wildman–Crippen LogP) is 1.05. The predicted molar refractivity (Wildman–Crippen MR) is 49.8 cm³/mol. The summed E-state index contributed by atoms with van der Waals surface area (Å²) in [5.41, 5.74) is 0. The molecule has 2 rings (SSSR count). The first kappa shape index (κ1) is 10.9. The third-order valence-electron chi connectivity index (χ3n) is 2.97. The number of hydrogen-bond acceptors (Lipinski definition) is 1. The van der Waals surface area contributed by atoms with Crippen LogP contribution in [0.5, 0.6) is 0 Å². The Labute approximate surface area is 92.3 Å². The van der Waals surface area contributed by atoms with Crippen molar-refractivity contribution in [2.24, 2.45) is 5.92 Å². The van der Waals surface area contributed by atoms with E-state index in [9.17, 15) is 0 Å². The number of hydrogen-bond donors (Lipinski definition) is 0. The molecule has 1 saturated carbocycles. The normalized spacial score (nSPS) is 36.0. The maximum atomic E-state index is 5.88. The van der Waals surface area contributed by atoms with Gasteiger partial charge in [-0.2, -0.15) is 0 Å². The molecule has 74 valence electrons. The first-order valence-corrected chi connectivity index (χ1v) is 5.92. The first-order chi connectivity index (χ1) is 5.29. The molecular weight excluding hydrogens is 347 g/mol. The molecule has 2 fully saturated rings. The van der Waals surface area contributed by atoms with E-state index in [2.05, 4.69) is 0 Å². The van der Waals surface area contributed by atoms with Crippen LogP contribution < -0.4 is 0 Å². The summed E-state index contributed by atoms with van der Waals surface area (Å²) in [6.45, 7) is 1.04. The van der Waals surface area contributed by atoms with Crippen molar-refractivity contribution in [3.05, 3.63) is 0 Å². The second-order valence-electron chi connectivity index (χ2n) is 4.40. The van der Waals surface area contributed by atoms with Crippen molar-refractivity contribution >= 4 is 10.2 Å². The van der Waals surface area contributed by atoms with Gasteiger partial charge in [0.1, 0.15) is 0 Å². The zero-order valence-corrected chi connectivity index (χ0v) is 12.0. The summed E-state index contributed by atoms with van der Waals surface area (Å²) in [4.78, 5) is 0. The first-order valence-electron chi connectivity index (χ1n) is 4.92. The number of ether oxygens (including phenoxy) is 1. The van der Waals surface area contributed by atoms with Gasteiger partial charge in [-0.1, -0.05) is 12.8 Å². The Balaban J connectivity index is 0.000000720. The fourth-order valence-electron chi connectivity index (χ4n) is 2.09. The van der Waals surface area contributed by atoms with Crippen molar-refractivity contribution < 1.29 is 25.8 Å². The quantitative estimate of drug-likeness (QED) is 0.665. The van der Waals surface area contributed by atoms with Gasteiger partial charge in [-0.3, -0.25) is 0 Å². The Morgan fingerprint density at radius 2 is 2.08 bits per heavy atom. The Bertz CT molecular complexity index is 141. The minimum Gasteiger partial charge on any atom is -0.380 e. The standard InChI is InChI=1S/C9H18OSi.Pt/c11-9(7-8-3-4-8)5-1-2-6-10-9;/h8H,1-7H2,11H3;. The molecule has 0 radical (unpaired) electrons. The topological polar surface area (TPSA) is 9.23 Å². The minimum absolute atomic E-state index is 0. The zero-order valence-electron chi connectivity index (χ0n) is 7.75. The molecule has 1 unspecified atom stereocenters. The Kier molecular flexibility index (Phi) is 4.00. The van der Waals surface area contributed by atoms with Gasteiger partial charge in [-0.25, -0.2) is 0 Å². The van der Waals surface area contributed by atoms with E-state index in [1.165, 1.54) is 48.8 Å². The molecule has 0 N–H and O–H groups in total. The van der Waals surface area contributed by atoms with Gasteiger partial charge in [0, 0.05) is 43.1 Å². The summed E-state index contributed by atoms with van der Waals surface area (Å²) in [6.07, 6.45) is 8.42. The maximum Gasteiger partial charge on any atom is 0.0488 e. The van der Waals surface area contributed by atoms with Crippen molar-refractivity contribution in [2.45, 2.75) is 43.7 Å². The van der Waals surface area contributed by atoms with Gasteiger partial charge in [0.15, 0.2) is 0 Å². The molecule has 0 aromatic heterocycles. The fourth-order valence-corrected chi connectivity index (χ4v) is 3.22. The molecule has 0 amide bonds. The van der Waals surface area contributed by atoms with Gasteiger partial charge in [-0.15, -0.1) is 0 Å². The molecular formula is C9H18OPtSi. The van der Waals surface area contributed by atoms with E-state index >= 15 is 0 Å². The second-order valence-corrected chi connectivity index (χ2v) is 6.23. The molecule has 0 aromatic rings. The van der Waals surface area contributed by atoms with Gasteiger partial charge >= 0.3 is 0 Å². The maximum absolute atomic E-state index is 5.88. The summed E-state index contributed by atoms with van der Waals surface area (Å²) < 4.78 is 5.88. The molecule has 1 atom stereocenters. The van der Waals surface area contributed by atoms with Crippen LogP contribution in [0.1, 0.15) is 38.5 Å². The van der Waals surface area contributed by atoms with Crippen LogP contribution >= 0.6 is 0 Å². The van der Waals surface area contributed by atoms with Gasteiger partial charge in [0.05, 0.1) is 0 Å². The van der Waals surface area contributed by atoms with Crippen molar-refractivity contribution in [2.75, 3.05) is 6.61 Å². The number of rotatable bonds is 2. The van der Waals surface area contributed by atoms with Gasteiger partial charge < -0.3 is 4.74 Å². The van der Waals surface area contributed by atoms with Crippen LogP contribution in [0.4, 0.5) is 0 Å². The van der Waals surface area contributed by atoms with Crippen molar-refractivity contribution in [1.29, 1.82) is 0 Å². The average Bonchev–Trinajstić information content (AvgIpc) is 2.72. The fraction of sp³-hybridized carbons (Fsp3) is 1.00. The summed E-state index contributed by atoms with van der Waals surface area (Å²) in [6, 6.07) is 0. The van der Waals surface area contributed by atoms with Crippen LogP contribution in [0, 0.1) is 5.92 Å². The van der Waals surface area contributed by atoms with Gasteiger partial charge in [0.25, 0.3) is 0 Å². The summed E-state index contributed by atoms with van der Waals surface area (Å²) in [7, 11) is 1.25. The van der Waals surface area contributed by atoms with Crippen LogP contribution in [0.3, 0.4) is 0 Å². The summed E-state index contributed by atoms with van der Waals surface area (Å²) in [5, 5.41) is 0.402. The molecule has 1 aliphatic heterocycles. The van der Waals surface area contributed by atoms with E-state index in [0.29, 0.717) is 5.22 Å². The molecule has 2 aliphatic rings. The largest absolute Gasteiger partial charge is 0.380 e. The molecule has 12 heavy (non-hydrogen) atoms. The SMILES string of the molecule is [Pt].[SiH3]C1(CC2CC2)CCCCO1. The zero-order chi connectivity index (χ0) is 7.73. The third-order valence-corrected chi connectivity index (χ3v) is 4.16. The van der Waals surface area contributed by atoms with E-state index in [-0.39, 0.29) is 21.1 Å². The smallest absolute Gasteiger partial charge is 0.0488 e. The third kappa shape index (κ3) is 2.97. The van der Waals surface area contributed by atoms with Crippen molar-refractivity contribution in [1.82, 2.24) is 0 Å². The van der Waals surface area contributed by atoms with E-state index in [1.807, 2.05) is 0 Å². The Morgan fingerprint density at radius 1 is 1.33 bits per heavy atom. The molecule has 0 bridgehead atoms. The molecule has 0 spiro atoms. The van der Waals surface area contributed by atoms with Crippen LogP contribution in [-0.2, 0) is 25.8 Å².